The van der Waals surface area contributed by atoms with E-state index in [1.165, 1.54) is 5.56 Å². The molecule has 1 aliphatic rings. The molecule has 2 heterocycles. The lowest BCUT2D eigenvalue weighted by molar-refractivity contribution is 0.0305. The molecule has 2 rings (SSSR count). The van der Waals surface area contributed by atoms with Crippen LogP contribution in [0.3, 0.4) is 0 Å². The van der Waals surface area contributed by atoms with E-state index in [1.54, 1.807) is 6.26 Å². The fourth-order valence-electron chi connectivity index (χ4n) is 2.37. The summed E-state index contributed by atoms with van der Waals surface area (Å²) in [6, 6.07) is 2.03. The largest absolute Gasteiger partial charge is 0.469 e. The van der Waals surface area contributed by atoms with Crippen molar-refractivity contribution in [3.05, 3.63) is 23.7 Å². The van der Waals surface area contributed by atoms with Crippen molar-refractivity contribution in [3.63, 3.8) is 0 Å². The van der Waals surface area contributed by atoms with Gasteiger partial charge in [0.05, 0.1) is 18.5 Å². The number of rotatable bonds is 5. The molecule has 1 aliphatic heterocycles. The minimum atomic E-state index is 0.268. The lowest BCUT2D eigenvalue weighted by atomic mass is 10.2. The van der Waals surface area contributed by atoms with Crippen molar-refractivity contribution in [3.8, 4) is 0 Å². The SMILES string of the molecule is Cc1occc1CN(C)CC1CCC(CN)O1. The first kappa shape index (κ1) is 12.6. The van der Waals surface area contributed by atoms with Crippen LogP contribution in [0.15, 0.2) is 16.7 Å². The molecule has 4 heteroatoms. The van der Waals surface area contributed by atoms with Gasteiger partial charge in [-0.1, -0.05) is 0 Å². The summed E-state index contributed by atoms with van der Waals surface area (Å²) >= 11 is 0. The van der Waals surface area contributed by atoms with Crippen LogP contribution in [-0.2, 0) is 11.3 Å². The summed E-state index contributed by atoms with van der Waals surface area (Å²) in [6.07, 6.45) is 4.57. The number of furan rings is 1. The Kier molecular flexibility index (Phi) is 4.20. The third kappa shape index (κ3) is 3.31. The maximum absolute atomic E-state index is 5.84. The van der Waals surface area contributed by atoms with E-state index < -0.39 is 0 Å². The van der Waals surface area contributed by atoms with Gasteiger partial charge in [-0.3, -0.25) is 4.90 Å². The molecule has 1 saturated heterocycles. The van der Waals surface area contributed by atoms with Crippen molar-refractivity contribution in [1.29, 1.82) is 0 Å². The Balaban J connectivity index is 1.78. The minimum absolute atomic E-state index is 0.268. The molecule has 0 aliphatic carbocycles. The Labute approximate surface area is 103 Å². The summed E-state index contributed by atoms with van der Waals surface area (Å²) in [5.74, 6) is 1.00. The Morgan fingerprint density at radius 3 is 2.76 bits per heavy atom. The van der Waals surface area contributed by atoms with E-state index in [9.17, 15) is 0 Å². The summed E-state index contributed by atoms with van der Waals surface area (Å²) in [4.78, 5) is 2.28. The molecule has 96 valence electrons. The molecular formula is C13H22N2O2. The normalized spacial score (nSPS) is 24.7. The average molecular weight is 238 g/mol. The van der Waals surface area contributed by atoms with Crippen LogP contribution in [0.4, 0.5) is 0 Å². The first-order valence-corrected chi connectivity index (χ1v) is 6.26. The van der Waals surface area contributed by atoms with E-state index in [-0.39, 0.29) is 6.10 Å². The lowest BCUT2D eigenvalue weighted by Gasteiger charge is -2.21. The first-order chi connectivity index (χ1) is 8.19. The highest BCUT2D eigenvalue weighted by atomic mass is 16.5. The number of hydrogen-bond donors (Lipinski definition) is 1. The van der Waals surface area contributed by atoms with Gasteiger partial charge < -0.3 is 14.9 Å². The van der Waals surface area contributed by atoms with E-state index in [1.807, 2.05) is 13.0 Å². The maximum atomic E-state index is 5.84. The lowest BCUT2D eigenvalue weighted by Crippen LogP contribution is -2.30. The highest BCUT2D eigenvalue weighted by Crippen LogP contribution is 2.20. The van der Waals surface area contributed by atoms with Gasteiger partial charge in [0.2, 0.25) is 0 Å². The van der Waals surface area contributed by atoms with Crippen molar-refractivity contribution in [2.24, 2.45) is 5.73 Å². The van der Waals surface area contributed by atoms with E-state index >= 15 is 0 Å². The van der Waals surface area contributed by atoms with E-state index in [0.717, 1.165) is 31.7 Å². The molecule has 0 bridgehead atoms. The van der Waals surface area contributed by atoms with Crippen molar-refractivity contribution in [2.45, 2.75) is 38.5 Å². The highest BCUT2D eigenvalue weighted by Gasteiger charge is 2.25. The van der Waals surface area contributed by atoms with Crippen LogP contribution in [0.25, 0.3) is 0 Å². The van der Waals surface area contributed by atoms with Gasteiger partial charge in [-0.05, 0) is 32.9 Å². The fraction of sp³-hybridized carbons (Fsp3) is 0.692. The molecule has 1 aromatic heterocycles. The zero-order chi connectivity index (χ0) is 12.3. The maximum Gasteiger partial charge on any atom is 0.105 e. The predicted molar refractivity (Wildman–Crippen MR) is 66.7 cm³/mol. The van der Waals surface area contributed by atoms with Crippen molar-refractivity contribution < 1.29 is 9.15 Å². The Hall–Kier alpha value is -0.840. The van der Waals surface area contributed by atoms with Gasteiger partial charge in [0.1, 0.15) is 5.76 Å². The van der Waals surface area contributed by atoms with Gasteiger partial charge in [-0.2, -0.15) is 0 Å². The van der Waals surface area contributed by atoms with Crippen molar-refractivity contribution in [2.75, 3.05) is 20.1 Å². The molecule has 0 aromatic carbocycles. The van der Waals surface area contributed by atoms with E-state index in [2.05, 4.69) is 11.9 Å². The molecule has 0 spiro atoms. The van der Waals surface area contributed by atoms with Gasteiger partial charge in [-0.25, -0.2) is 0 Å². The summed E-state index contributed by atoms with van der Waals surface area (Å²) < 4.78 is 11.1. The number of nitrogens with two attached hydrogens (primary N) is 1. The summed E-state index contributed by atoms with van der Waals surface area (Å²) in [5, 5.41) is 0. The molecule has 17 heavy (non-hydrogen) atoms. The van der Waals surface area contributed by atoms with Gasteiger partial charge in [0.15, 0.2) is 0 Å². The molecule has 0 saturated carbocycles. The van der Waals surface area contributed by atoms with E-state index in [0.29, 0.717) is 12.6 Å². The molecule has 4 nitrogen and oxygen atoms in total. The summed E-state index contributed by atoms with van der Waals surface area (Å²) in [5.41, 5.74) is 6.86. The predicted octanol–water partition coefficient (Wildman–Crippen LogP) is 1.53. The highest BCUT2D eigenvalue weighted by molar-refractivity contribution is 5.14. The zero-order valence-corrected chi connectivity index (χ0v) is 10.7. The first-order valence-electron chi connectivity index (χ1n) is 6.26. The molecule has 1 fully saturated rings. The van der Waals surface area contributed by atoms with Crippen LogP contribution in [0, 0.1) is 6.92 Å². The molecule has 0 radical (unpaired) electrons. The second-order valence-corrected chi connectivity index (χ2v) is 4.89. The topological polar surface area (TPSA) is 51.6 Å². The molecule has 2 atom stereocenters. The summed E-state index contributed by atoms with van der Waals surface area (Å²) in [6.45, 7) is 4.51. The third-order valence-corrected chi connectivity index (χ3v) is 3.38. The van der Waals surface area contributed by atoms with Crippen LogP contribution >= 0.6 is 0 Å². The average Bonchev–Trinajstić information content (AvgIpc) is 2.89. The molecule has 2 unspecified atom stereocenters. The summed E-state index contributed by atoms with van der Waals surface area (Å²) in [7, 11) is 2.12. The molecular weight excluding hydrogens is 216 g/mol. The second kappa shape index (κ2) is 5.67. The minimum Gasteiger partial charge on any atom is -0.469 e. The number of nitrogens with zero attached hydrogens (tertiary/aromatic N) is 1. The smallest absolute Gasteiger partial charge is 0.105 e. The zero-order valence-electron chi connectivity index (χ0n) is 10.7. The fourth-order valence-corrected chi connectivity index (χ4v) is 2.37. The molecule has 2 N–H and O–H groups in total. The van der Waals surface area contributed by atoms with Gasteiger partial charge >= 0.3 is 0 Å². The standard InChI is InChI=1S/C13H22N2O2/c1-10-11(5-6-16-10)8-15(2)9-13-4-3-12(7-14)17-13/h5-6,12-13H,3-4,7-9,14H2,1-2H3. The van der Waals surface area contributed by atoms with Gasteiger partial charge in [0.25, 0.3) is 0 Å². The third-order valence-electron chi connectivity index (χ3n) is 3.38. The molecule has 0 amide bonds. The Morgan fingerprint density at radius 2 is 2.18 bits per heavy atom. The second-order valence-electron chi connectivity index (χ2n) is 4.89. The Morgan fingerprint density at radius 1 is 1.41 bits per heavy atom. The quantitative estimate of drug-likeness (QED) is 0.845. The van der Waals surface area contributed by atoms with Crippen molar-refractivity contribution >= 4 is 0 Å². The van der Waals surface area contributed by atoms with Gasteiger partial charge in [-0.15, -0.1) is 0 Å². The number of hydrogen-bond acceptors (Lipinski definition) is 4. The Bertz CT molecular complexity index is 351. The van der Waals surface area contributed by atoms with Crippen LogP contribution in [-0.4, -0.2) is 37.2 Å². The van der Waals surface area contributed by atoms with Crippen molar-refractivity contribution in [1.82, 2.24) is 4.90 Å². The number of ether oxygens (including phenoxy) is 1. The number of aryl methyl sites for hydroxylation is 1. The van der Waals surface area contributed by atoms with Gasteiger partial charge in [0, 0.05) is 25.2 Å². The van der Waals surface area contributed by atoms with Crippen LogP contribution in [0.5, 0.6) is 0 Å². The monoisotopic (exact) mass is 238 g/mol. The van der Waals surface area contributed by atoms with Crippen LogP contribution in [0.1, 0.15) is 24.2 Å². The molecule has 1 aromatic rings. The van der Waals surface area contributed by atoms with E-state index in [4.69, 9.17) is 14.9 Å². The van der Waals surface area contributed by atoms with Crippen LogP contribution < -0.4 is 5.73 Å². The van der Waals surface area contributed by atoms with Crippen LogP contribution in [0.2, 0.25) is 0 Å². The number of likely N-dealkylation sites (N-methyl/N-ethyl adjacent to an activating group) is 1.